The van der Waals surface area contributed by atoms with E-state index in [2.05, 4.69) is 4.90 Å². The summed E-state index contributed by atoms with van der Waals surface area (Å²) in [6, 6.07) is 7.51. The molecular weight excluding hydrogens is 270 g/mol. The van der Waals surface area contributed by atoms with Crippen LogP contribution in [0.2, 0.25) is 0 Å². The maximum absolute atomic E-state index is 11.4. The second kappa shape index (κ2) is 4.86. The molecule has 110 valence electrons. The van der Waals surface area contributed by atoms with Crippen molar-refractivity contribution in [2.45, 2.75) is 31.6 Å². The summed E-state index contributed by atoms with van der Waals surface area (Å²) in [4.78, 5) is 13.7. The number of hydrogen-bond acceptors (Lipinski definition) is 4. The lowest BCUT2D eigenvalue weighted by atomic mass is 10.1. The Morgan fingerprint density at radius 3 is 2.67 bits per heavy atom. The number of fused-ring (bicyclic) bond motifs is 3. The number of rotatable bonds is 3. The van der Waals surface area contributed by atoms with Crippen LogP contribution < -0.4 is 0 Å². The number of hydrogen-bond donors (Lipinski definition) is 1. The summed E-state index contributed by atoms with van der Waals surface area (Å²) < 4.78 is 11.3. The van der Waals surface area contributed by atoms with E-state index in [0.717, 1.165) is 36.9 Å². The standard InChI is InChI=1S/C16H17NO4/c18-16(19)15-13(12-3-1-2-4-14(12)21-15)9-17-7-10-5-6-11(8-17)20-10/h1-4,10-11H,5-9H2,(H,18,19). The average Bonchev–Trinajstić information content (AvgIpc) is 3.00. The summed E-state index contributed by atoms with van der Waals surface area (Å²) in [5.74, 6) is -0.938. The lowest BCUT2D eigenvalue weighted by molar-refractivity contribution is -0.0410. The number of benzene rings is 1. The maximum Gasteiger partial charge on any atom is 0.372 e. The second-order valence-corrected chi connectivity index (χ2v) is 5.86. The molecule has 0 saturated carbocycles. The fourth-order valence-electron chi connectivity index (χ4n) is 3.48. The van der Waals surface area contributed by atoms with Crippen LogP contribution in [0.5, 0.6) is 0 Å². The molecule has 2 aliphatic heterocycles. The smallest absolute Gasteiger partial charge is 0.372 e. The van der Waals surface area contributed by atoms with Crippen LogP contribution >= 0.6 is 0 Å². The molecule has 3 heterocycles. The van der Waals surface area contributed by atoms with Crippen LogP contribution in [0.25, 0.3) is 11.0 Å². The van der Waals surface area contributed by atoms with Gasteiger partial charge in [-0.2, -0.15) is 0 Å². The van der Waals surface area contributed by atoms with Gasteiger partial charge in [0.15, 0.2) is 0 Å². The highest BCUT2D eigenvalue weighted by Crippen LogP contribution is 2.31. The molecule has 2 fully saturated rings. The van der Waals surface area contributed by atoms with Crippen LogP contribution in [0.3, 0.4) is 0 Å². The highest BCUT2D eigenvalue weighted by Gasteiger charge is 2.34. The third-order valence-corrected chi connectivity index (χ3v) is 4.39. The molecule has 2 saturated heterocycles. The summed E-state index contributed by atoms with van der Waals surface area (Å²) in [7, 11) is 0. The van der Waals surface area contributed by atoms with Crippen LogP contribution in [-0.2, 0) is 11.3 Å². The number of furan rings is 1. The van der Waals surface area contributed by atoms with Crippen molar-refractivity contribution in [3.05, 3.63) is 35.6 Å². The third kappa shape index (κ3) is 2.22. The molecule has 0 aliphatic carbocycles. The first-order valence-electron chi connectivity index (χ1n) is 7.32. The highest BCUT2D eigenvalue weighted by atomic mass is 16.5. The zero-order valence-electron chi connectivity index (χ0n) is 11.6. The van der Waals surface area contributed by atoms with Crippen molar-refractivity contribution in [2.24, 2.45) is 0 Å². The van der Waals surface area contributed by atoms with Crippen LogP contribution in [0, 0.1) is 0 Å². The van der Waals surface area contributed by atoms with Gasteiger partial charge >= 0.3 is 5.97 Å². The van der Waals surface area contributed by atoms with Crippen LogP contribution in [0.1, 0.15) is 29.0 Å². The molecule has 2 aliphatic rings. The Bertz CT molecular complexity index is 681. The van der Waals surface area contributed by atoms with Crippen molar-refractivity contribution in [2.75, 3.05) is 13.1 Å². The molecule has 21 heavy (non-hydrogen) atoms. The van der Waals surface area contributed by atoms with E-state index in [1.807, 2.05) is 24.3 Å². The number of para-hydroxylation sites is 1. The van der Waals surface area contributed by atoms with Gasteiger partial charge in [-0.3, -0.25) is 4.90 Å². The fraction of sp³-hybridized carbons (Fsp3) is 0.438. The fourth-order valence-corrected chi connectivity index (χ4v) is 3.48. The first-order chi connectivity index (χ1) is 10.2. The van der Waals surface area contributed by atoms with E-state index in [1.165, 1.54) is 0 Å². The molecule has 2 bridgehead atoms. The van der Waals surface area contributed by atoms with Gasteiger partial charge in [0.05, 0.1) is 12.2 Å². The van der Waals surface area contributed by atoms with E-state index in [1.54, 1.807) is 0 Å². The monoisotopic (exact) mass is 287 g/mol. The number of nitrogens with zero attached hydrogens (tertiary/aromatic N) is 1. The topological polar surface area (TPSA) is 62.9 Å². The van der Waals surface area contributed by atoms with E-state index in [9.17, 15) is 9.90 Å². The Kier molecular flexibility index (Phi) is 2.97. The number of carboxylic acids is 1. The van der Waals surface area contributed by atoms with Crippen molar-refractivity contribution in [1.82, 2.24) is 4.90 Å². The predicted molar refractivity (Wildman–Crippen MR) is 76.3 cm³/mol. The summed E-state index contributed by atoms with van der Waals surface area (Å²) in [6.45, 7) is 2.35. The van der Waals surface area contributed by atoms with E-state index in [4.69, 9.17) is 9.15 Å². The minimum absolute atomic E-state index is 0.0649. The van der Waals surface area contributed by atoms with Crippen molar-refractivity contribution >= 4 is 16.9 Å². The number of aromatic carboxylic acids is 1. The normalized spacial score (nSPS) is 25.5. The molecule has 1 aromatic carbocycles. The van der Waals surface area contributed by atoms with Gasteiger partial charge in [-0.15, -0.1) is 0 Å². The van der Waals surface area contributed by atoms with Gasteiger partial charge in [0.1, 0.15) is 5.58 Å². The zero-order chi connectivity index (χ0) is 14.4. The average molecular weight is 287 g/mol. The predicted octanol–water partition coefficient (Wildman–Crippen LogP) is 2.49. The van der Waals surface area contributed by atoms with Gasteiger partial charge in [-0.25, -0.2) is 4.79 Å². The Morgan fingerprint density at radius 1 is 1.24 bits per heavy atom. The van der Waals surface area contributed by atoms with Gasteiger partial charge in [0.2, 0.25) is 5.76 Å². The van der Waals surface area contributed by atoms with Gasteiger partial charge in [0, 0.05) is 30.6 Å². The number of likely N-dealkylation sites (tertiary alicyclic amines) is 1. The summed E-state index contributed by atoms with van der Waals surface area (Å²) in [5.41, 5.74) is 1.42. The molecule has 1 aromatic heterocycles. The molecule has 0 spiro atoms. The molecule has 0 amide bonds. The zero-order valence-corrected chi connectivity index (χ0v) is 11.6. The first-order valence-corrected chi connectivity index (χ1v) is 7.32. The quantitative estimate of drug-likeness (QED) is 0.939. The molecule has 5 nitrogen and oxygen atoms in total. The van der Waals surface area contributed by atoms with Crippen molar-refractivity contribution < 1.29 is 19.1 Å². The van der Waals surface area contributed by atoms with Crippen LogP contribution in [0.4, 0.5) is 0 Å². The number of carbonyl (C=O) groups is 1. The maximum atomic E-state index is 11.4. The lowest BCUT2D eigenvalue weighted by Crippen LogP contribution is -2.42. The molecular formula is C16H17NO4. The first kappa shape index (κ1) is 12.9. The largest absolute Gasteiger partial charge is 0.475 e. The Balaban J connectivity index is 1.68. The van der Waals surface area contributed by atoms with Crippen molar-refractivity contribution in [1.29, 1.82) is 0 Å². The van der Waals surface area contributed by atoms with E-state index >= 15 is 0 Å². The Morgan fingerprint density at radius 2 is 1.95 bits per heavy atom. The summed E-state index contributed by atoms with van der Waals surface area (Å²) >= 11 is 0. The molecule has 2 atom stereocenters. The minimum Gasteiger partial charge on any atom is -0.475 e. The summed E-state index contributed by atoms with van der Waals surface area (Å²) in [6.07, 6.45) is 2.82. The third-order valence-electron chi connectivity index (χ3n) is 4.39. The molecule has 2 unspecified atom stereocenters. The van der Waals surface area contributed by atoms with Crippen molar-refractivity contribution in [3.63, 3.8) is 0 Å². The van der Waals surface area contributed by atoms with Gasteiger partial charge in [0.25, 0.3) is 0 Å². The van der Waals surface area contributed by atoms with Crippen LogP contribution in [0.15, 0.2) is 28.7 Å². The number of morpholine rings is 1. The van der Waals surface area contributed by atoms with E-state index in [0.29, 0.717) is 24.3 Å². The van der Waals surface area contributed by atoms with Gasteiger partial charge in [-0.1, -0.05) is 18.2 Å². The van der Waals surface area contributed by atoms with E-state index < -0.39 is 5.97 Å². The second-order valence-electron chi connectivity index (χ2n) is 5.86. The molecule has 5 heteroatoms. The van der Waals surface area contributed by atoms with E-state index in [-0.39, 0.29) is 5.76 Å². The van der Waals surface area contributed by atoms with Crippen molar-refractivity contribution in [3.8, 4) is 0 Å². The molecule has 0 radical (unpaired) electrons. The molecule has 2 aromatic rings. The minimum atomic E-state index is -1.00. The number of ether oxygens (including phenoxy) is 1. The number of carboxylic acid groups (broad SMARTS) is 1. The van der Waals surface area contributed by atoms with Gasteiger partial charge in [-0.05, 0) is 18.9 Å². The molecule has 4 rings (SSSR count). The summed E-state index contributed by atoms with van der Waals surface area (Å²) in [5, 5.41) is 10.3. The highest BCUT2D eigenvalue weighted by molar-refractivity contribution is 5.95. The molecule has 1 N–H and O–H groups in total. The Labute approximate surface area is 122 Å². The van der Waals surface area contributed by atoms with Crippen LogP contribution in [-0.4, -0.2) is 41.3 Å². The Hall–Kier alpha value is -1.85. The lowest BCUT2D eigenvalue weighted by Gasteiger charge is -2.31. The SMILES string of the molecule is O=C(O)c1oc2ccccc2c1CN1CC2CCC(C1)O2. The van der Waals surface area contributed by atoms with Gasteiger partial charge < -0.3 is 14.3 Å².